The molecular weight excluding hydrogens is 174 g/mol. The first kappa shape index (κ1) is 8.30. The fourth-order valence-electron chi connectivity index (χ4n) is 2.55. The van der Waals surface area contributed by atoms with Crippen LogP contribution in [0.4, 0.5) is 0 Å². The van der Waals surface area contributed by atoms with Gasteiger partial charge in [0.15, 0.2) is 0 Å². The van der Waals surface area contributed by atoms with E-state index in [0.29, 0.717) is 5.92 Å². The molecule has 1 atom stereocenters. The maximum absolute atomic E-state index is 5.58. The van der Waals surface area contributed by atoms with Crippen molar-refractivity contribution in [2.45, 2.75) is 18.8 Å². The summed E-state index contributed by atoms with van der Waals surface area (Å²) in [4.78, 5) is 0. The maximum Gasteiger partial charge on any atom is 0.122 e. The predicted molar refractivity (Wildman–Crippen MR) is 55.9 cm³/mol. The van der Waals surface area contributed by atoms with Gasteiger partial charge in [0.25, 0.3) is 0 Å². The molecule has 1 N–H and O–H groups in total. The molecule has 0 amide bonds. The smallest absolute Gasteiger partial charge is 0.122 e. The first-order valence-electron chi connectivity index (χ1n) is 5.40. The van der Waals surface area contributed by atoms with Gasteiger partial charge in [-0.25, -0.2) is 0 Å². The van der Waals surface area contributed by atoms with Crippen molar-refractivity contribution in [2.75, 3.05) is 19.7 Å². The summed E-state index contributed by atoms with van der Waals surface area (Å²) in [6, 6.07) is 6.48. The molecule has 0 aliphatic carbocycles. The minimum absolute atomic E-state index is 0.714. The van der Waals surface area contributed by atoms with Gasteiger partial charge in [-0.1, -0.05) is 12.1 Å². The molecule has 0 spiro atoms. The highest BCUT2D eigenvalue weighted by Crippen LogP contribution is 2.34. The summed E-state index contributed by atoms with van der Waals surface area (Å²) < 4.78 is 5.58. The summed E-state index contributed by atoms with van der Waals surface area (Å²) in [5, 5.41) is 3.42. The van der Waals surface area contributed by atoms with Gasteiger partial charge in [0.1, 0.15) is 5.75 Å². The lowest BCUT2D eigenvalue weighted by molar-refractivity contribution is 0.357. The van der Waals surface area contributed by atoms with E-state index in [1.54, 1.807) is 0 Å². The Balaban J connectivity index is 2.00. The van der Waals surface area contributed by atoms with E-state index in [4.69, 9.17) is 4.74 Å². The number of fused-ring (bicyclic) bond motifs is 1. The molecule has 2 aliphatic heterocycles. The minimum atomic E-state index is 0.714. The molecule has 1 fully saturated rings. The van der Waals surface area contributed by atoms with Crippen LogP contribution in [0.25, 0.3) is 0 Å². The van der Waals surface area contributed by atoms with Gasteiger partial charge in [-0.2, -0.15) is 0 Å². The van der Waals surface area contributed by atoms with Crippen molar-refractivity contribution >= 4 is 0 Å². The molecule has 0 saturated carbocycles. The number of hydrogen-bond acceptors (Lipinski definition) is 2. The second-order valence-electron chi connectivity index (χ2n) is 4.11. The van der Waals surface area contributed by atoms with Crippen molar-refractivity contribution in [3.63, 3.8) is 0 Å². The topological polar surface area (TPSA) is 21.3 Å². The third-order valence-corrected chi connectivity index (χ3v) is 3.28. The van der Waals surface area contributed by atoms with Crippen LogP contribution in [0.3, 0.4) is 0 Å². The highest BCUT2D eigenvalue weighted by Gasteiger charge is 2.23. The fourth-order valence-corrected chi connectivity index (χ4v) is 2.55. The molecule has 1 saturated heterocycles. The van der Waals surface area contributed by atoms with E-state index in [9.17, 15) is 0 Å². The largest absolute Gasteiger partial charge is 0.493 e. The lowest BCUT2D eigenvalue weighted by atomic mass is 9.92. The predicted octanol–water partition coefficient (Wildman–Crippen LogP) is 1.70. The summed E-state index contributed by atoms with van der Waals surface area (Å²) >= 11 is 0. The maximum atomic E-state index is 5.58. The molecule has 0 unspecified atom stereocenters. The lowest BCUT2D eigenvalue weighted by Gasteiger charge is -2.12. The van der Waals surface area contributed by atoms with Crippen LogP contribution in [0.2, 0.25) is 0 Å². The molecule has 1 aromatic rings. The van der Waals surface area contributed by atoms with Crippen LogP contribution in [0.15, 0.2) is 18.2 Å². The molecule has 2 heterocycles. The molecule has 0 bridgehead atoms. The number of benzene rings is 1. The number of rotatable bonds is 1. The van der Waals surface area contributed by atoms with E-state index in [-0.39, 0.29) is 0 Å². The Bertz CT molecular complexity index is 342. The SMILES string of the molecule is c1cc2c(c([C@H]3CCNC3)c1)CCO2. The van der Waals surface area contributed by atoms with Gasteiger partial charge >= 0.3 is 0 Å². The van der Waals surface area contributed by atoms with Crippen LogP contribution < -0.4 is 10.1 Å². The minimum Gasteiger partial charge on any atom is -0.493 e. The molecule has 2 aliphatic rings. The van der Waals surface area contributed by atoms with E-state index in [2.05, 4.69) is 23.5 Å². The van der Waals surface area contributed by atoms with Crippen LogP contribution >= 0.6 is 0 Å². The Labute approximate surface area is 84.3 Å². The van der Waals surface area contributed by atoms with E-state index in [0.717, 1.165) is 31.9 Å². The first-order valence-corrected chi connectivity index (χ1v) is 5.40. The average molecular weight is 189 g/mol. The summed E-state index contributed by atoms with van der Waals surface area (Å²) in [5.41, 5.74) is 2.98. The van der Waals surface area contributed by atoms with Gasteiger partial charge in [0.05, 0.1) is 6.61 Å². The van der Waals surface area contributed by atoms with Crippen LogP contribution in [0.1, 0.15) is 23.5 Å². The third-order valence-electron chi connectivity index (χ3n) is 3.28. The van der Waals surface area contributed by atoms with E-state index < -0.39 is 0 Å². The Kier molecular flexibility index (Phi) is 1.95. The Hall–Kier alpha value is -1.02. The summed E-state index contributed by atoms with van der Waals surface area (Å²) in [6.45, 7) is 3.16. The summed E-state index contributed by atoms with van der Waals surface area (Å²) in [5.74, 6) is 1.83. The molecule has 2 heteroatoms. The van der Waals surface area contributed by atoms with E-state index >= 15 is 0 Å². The zero-order chi connectivity index (χ0) is 9.38. The Morgan fingerprint density at radius 3 is 3.21 bits per heavy atom. The average Bonchev–Trinajstić information content (AvgIpc) is 2.88. The van der Waals surface area contributed by atoms with Gasteiger partial charge in [0.2, 0.25) is 0 Å². The Morgan fingerprint density at radius 1 is 1.36 bits per heavy atom. The van der Waals surface area contributed by atoms with Crippen LogP contribution in [-0.2, 0) is 6.42 Å². The monoisotopic (exact) mass is 189 g/mol. The fraction of sp³-hybridized carbons (Fsp3) is 0.500. The van der Waals surface area contributed by atoms with Gasteiger partial charge in [-0.05, 0) is 30.5 Å². The van der Waals surface area contributed by atoms with Gasteiger partial charge in [0, 0.05) is 18.5 Å². The number of nitrogens with one attached hydrogen (secondary N) is 1. The lowest BCUT2D eigenvalue weighted by Crippen LogP contribution is -2.08. The highest BCUT2D eigenvalue weighted by molar-refractivity contribution is 5.44. The zero-order valence-electron chi connectivity index (χ0n) is 8.25. The highest BCUT2D eigenvalue weighted by atomic mass is 16.5. The molecule has 3 rings (SSSR count). The van der Waals surface area contributed by atoms with Gasteiger partial charge in [-0.3, -0.25) is 0 Å². The number of ether oxygens (including phenoxy) is 1. The van der Waals surface area contributed by atoms with Crippen molar-refractivity contribution in [3.8, 4) is 5.75 Å². The standard InChI is InChI=1S/C12H15NO/c1-2-10(9-4-6-13-8-9)11-5-7-14-12(11)3-1/h1-3,9,13H,4-8H2/t9-/m0/s1. The zero-order valence-corrected chi connectivity index (χ0v) is 8.25. The Morgan fingerprint density at radius 2 is 2.36 bits per heavy atom. The van der Waals surface area contributed by atoms with Crippen molar-refractivity contribution in [2.24, 2.45) is 0 Å². The molecule has 74 valence electrons. The second-order valence-corrected chi connectivity index (χ2v) is 4.11. The summed E-state index contributed by atoms with van der Waals surface area (Å²) in [6.07, 6.45) is 2.37. The van der Waals surface area contributed by atoms with Gasteiger partial charge < -0.3 is 10.1 Å². The normalized spacial score (nSPS) is 24.7. The van der Waals surface area contributed by atoms with Crippen molar-refractivity contribution in [1.82, 2.24) is 5.32 Å². The molecule has 14 heavy (non-hydrogen) atoms. The molecule has 1 aromatic carbocycles. The van der Waals surface area contributed by atoms with Crippen LogP contribution in [0.5, 0.6) is 5.75 Å². The second kappa shape index (κ2) is 3.28. The molecule has 0 aromatic heterocycles. The molecule has 2 nitrogen and oxygen atoms in total. The molecule has 0 radical (unpaired) electrons. The van der Waals surface area contributed by atoms with E-state index in [1.807, 2.05) is 0 Å². The van der Waals surface area contributed by atoms with Gasteiger partial charge in [-0.15, -0.1) is 0 Å². The first-order chi connectivity index (χ1) is 6.95. The van der Waals surface area contributed by atoms with Crippen LogP contribution in [-0.4, -0.2) is 19.7 Å². The van der Waals surface area contributed by atoms with Crippen molar-refractivity contribution < 1.29 is 4.74 Å². The quantitative estimate of drug-likeness (QED) is 0.726. The number of hydrogen-bond donors (Lipinski definition) is 1. The van der Waals surface area contributed by atoms with Crippen LogP contribution in [0, 0.1) is 0 Å². The van der Waals surface area contributed by atoms with E-state index in [1.165, 1.54) is 17.5 Å². The van der Waals surface area contributed by atoms with Crippen molar-refractivity contribution in [3.05, 3.63) is 29.3 Å². The van der Waals surface area contributed by atoms with Crippen molar-refractivity contribution in [1.29, 1.82) is 0 Å². The third kappa shape index (κ3) is 1.22. The molecular formula is C12H15NO. The summed E-state index contributed by atoms with van der Waals surface area (Å²) in [7, 11) is 0.